The van der Waals surface area contributed by atoms with Crippen LogP contribution in [0.4, 0.5) is 5.69 Å². The number of nitrogens with zero attached hydrogens (tertiary/aromatic N) is 2. The number of nitrogen functional groups attached to an aromatic ring is 1. The summed E-state index contributed by atoms with van der Waals surface area (Å²) in [4.78, 5) is 8.37. The summed E-state index contributed by atoms with van der Waals surface area (Å²) < 4.78 is 6.95. The van der Waals surface area contributed by atoms with E-state index >= 15 is 0 Å². The summed E-state index contributed by atoms with van der Waals surface area (Å²) in [6.07, 6.45) is 1.49. The van der Waals surface area contributed by atoms with Gasteiger partial charge >= 0.3 is 0 Å². The van der Waals surface area contributed by atoms with Gasteiger partial charge in [0.1, 0.15) is 12.1 Å². The van der Waals surface area contributed by atoms with Gasteiger partial charge in [0.15, 0.2) is 0 Å². The van der Waals surface area contributed by atoms with E-state index in [4.69, 9.17) is 10.5 Å². The number of rotatable bonds is 2. The molecule has 1 heterocycles. The van der Waals surface area contributed by atoms with Crippen molar-refractivity contribution >= 4 is 39.2 Å². The summed E-state index contributed by atoms with van der Waals surface area (Å²) in [5.41, 5.74) is 7.27. The Bertz CT molecular complexity index is 728. The van der Waals surface area contributed by atoms with Gasteiger partial charge in [0.05, 0.1) is 10.9 Å². The first-order chi connectivity index (χ1) is 9.22. The van der Waals surface area contributed by atoms with E-state index in [9.17, 15) is 0 Å². The van der Waals surface area contributed by atoms with Gasteiger partial charge in [-0.2, -0.15) is 0 Å². The molecule has 94 valence electrons. The Labute approximate surface area is 123 Å². The third-order valence-electron chi connectivity index (χ3n) is 2.65. The molecule has 0 atom stereocenters. The second-order valence-corrected chi connectivity index (χ2v) is 5.26. The van der Waals surface area contributed by atoms with Crippen LogP contribution < -0.4 is 10.5 Å². The Kier molecular flexibility index (Phi) is 3.20. The number of fused-ring (bicyclic) bond motifs is 1. The van der Waals surface area contributed by atoms with E-state index in [1.807, 2.05) is 42.5 Å². The van der Waals surface area contributed by atoms with E-state index in [1.54, 1.807) is 0 Å². The van der Waals surface area contributed by atoms with Crippen LogP contribution in [0, 0.1) is 3.57 Å². The number of ether oxygens (including phenoxy) is 1. The highest BCUT2D eigenvalue weighted by molar-refractivity contribution is 14.1. The van der Waals surface area contributed by atoms with Crippen LogP contribution in [0.25, 0.3) is 10.9 Å². The third kappa shape index (κ3) is 2.60. The molecule has 19 heavy (non-hydrogen) atoms. The lowest BCUT2D eigenvalue weighted by molar-refractivity contribution is 0.468. The number of hydrogen-bond acceptors (Lipinski definition) is 4. The van der Waals surface area contributed by atoms with Gasteiger partial charge in [0, 0.05) is 9.26 Å². The summed E-state index contributed by atoms with van der Waals surface area (Å²) in [7, 11) is 0. The van der Waals surface area contributed by atoms with Crippen LogP contribution in [0.2, 0.25) is 0 Å². The lowest BCUT2D eigenvalue weighted by Crippen LogP contribution is -1.93. The lowest BCUT2D eigenvalue weighted by atomic mass is 10.2. The van der Waals surface area contributed by atoms with E-state index in [2.05, 4.69) is 32.6 Å². The zero-order chi connectivity index (χ0) is 13.2. The Morgan fingerprint density at radius 3 is 2.58 bits per heavy atom. The zero-order valence-corrected chi connectivity index (χ0v) is 12.0. The fraction of sp³-hybridized carbons (Fsp3) is 0. The van der Waals surface area contributed by atoms with Crippen LogP contribution in [0.1, 0.15) is 0 Å². The van der Waals surface area contributed by atoms with Gasteiger partial charge in [-0.15, -0.1) is 0 Å². The number of aromatic nitrogens is 2. The van der Waals surface area contributed by atoms with Gasteiger partial charge < -0.3 is 10.5 Å². The molecule has 0 fully saturated rings. The van der Waals surface area contributed by atoms with Crippen LogP contribution in [-0.2, 0) is 0 Å². The molecule has 0 aliphatic rings. The lowest BCUT2D eigenvalue weighted by Gasteiger charge is -2.07. The average Bonchev–Trinajstić information content (AvgIpc) is 2.42. The molecule has 0 amide bonds. The molecule has 0 saturated heterocycles. The number of anilines is 1. The molecule has 5 heteroatoms. The average molecular weight is 363 g/mol. The van der Waals surface area contributed by atoms with Crippen molar-refractivity contribution in [3.8, 4) is 11.6 Å². The highest BCUT2D eigenvalue weighted by atomic mass is 127. The molecule has 4 nitrogen and oxygen atoms in total. The molecule has 0 saturated carbocycles. The molecule has 2 aromatic carbocycles. The zero-order valence-electron chi connectivity index (χ0n) is 9.88. The minimum Gasteiger partial charge on any atom is -0.438 e. The minimum atomic E-state index is 0.513. The highest BCUT2D eigenvalue weighted by Gasteiger charge is 2.06. The predicted octanol–water partition coefficient (Wildman–Crippen LogP) is 3.61. The quantitative estimate of drug-likeness (QED) is 0.558. The van der Waals surface area contributed by atoms with E-state index < -0.39 is 0 Å². The van der Waals surface area contributed by atoms with Gasteiger partial charge in [0.2, 0.25) is 5.88 Å². The van der Waals surface area contributed by atoms with Gasteiger partial charge in [-0.1, -0.05) is 0 Å². The van der Waals surface area contributed by atoms with Gasteiger partial charge in [-0.05, 0) is 65.1 Å². The van der Waals surface area contributed by atoms with Crippen LogP contribution in [0.15, 0.2) is 48.8 Å². The van der Waals surface area contributed by atoms with Gasteiger partial charge in [-0.25, -0.2) is 9.97 Å². The Hall–Kier alpha value is -1.89. The first-order valence-corrected chi connectivity index (χ1v) is 6.74. The molecule has 0 aliphatic heterocycles. The van der Waals surface area contributed by atoms with Crippen LogP contribution in [0.5, 0.6) is 11.6 Å². The topological polar surface area (TPSA) is 61.0 Å². The second kappa shape index (κ2) is 5.00. The van der Waals surface area contributed by atoms with Gasteiger partial charge in [-0.3, -0.25) is 0 Å². The van der Waals surface area contributed by atoms with E-state index in [0.29, 0.717) is 11.6 Å². The molecule has 2 N–H and O–H groups in total. The van der Waals surface area contributed by atoms with Crippen LogP contribution >= 0.6 is 22.6 Å². The minimum absolute atomic E-state index is 0.513. The molecule has 0 radical (unpaired) electrons. The Balaban J connectivity index is 2.05. The van der Waals surface area contributed by atoms with E-state index in [1.165, 1.54) is 6.33 Å². The largest absolute Gasteiger partial charge is 0.438 e. The Morgan fingerprint density at radius 1 is 1.00 bits per heavy atom. The van der Waals surface area contributed by atoms with Crippen molar-refractivity contribution in [1.29, 1.82) is 0 Å². The smallest absolute Gasteiger partial charge is 0.230 e. The van der Waals surface area contributed by atoms with Crippen molar-refractivity contribution in [3.05, 3.63) is 52.4 Å². The molecule has 1 aromatic heterocycles. The van der Waals surface area contributed by atoms with Crippen LogP contribution in [0.3, 0.4) is 0 Å². The molecular weight excluding hydrogens is 353 g/mol. The van der Waals surface area contributed by atoms with E-state index in [-0.39, 0.29) is 0 Å². The van der Waals surface area contributed by atoms with Crippen molar-refractivity contribution in [2.75, 3.05) is 5.73 Å². The summed E-state index contributed by atoms with van der Waals surface area (Å²) in [6.45, 7) is 0. The molecule has 0 spiro atoms. The van der Waals surface area contributed by atoms with E-state index in [0.717, 1.165) is 20.2 Å². The Morgan fingerprint density at radius 2 is 1.79 bits per heavy atom. The summed E-state index contributed by atoms with van der Waals surface area (Å²) in [5, 5.41) is 0.807. The molecule has 3 rings (SSSR count). The van der Waals surface area contributed by atoms with Crippen molar-refractivity contribution in [3.63, 3.8) is 0 Å². The standard InChI is InChI=1S/C14H10IN3O/c15-9-1-4-11(5-2-9)19-14-12-7-10(16)3-6-13(12)17-8-18-14/h1-8H,16H2. The number of benzene rings is 2. The first kappa shape index (κ1) is 12.2. The first-order valence-electron chi connectivity index (χ1n) is 5.66. The second-order valence-electron chi connectivity index (χ2n) is 4.01. The van der Waals surface area contributed by atoms with Crippen molar-refractivity contribution in [2.24, 2.45) is 0 Å². The molecule has 0 unspecified atom stereocenters. The maximum Gasteiger partial charge on any atom is 0.230 e. The number of nitrogens with two attached hydrogens (primary N) is 1. The maximum atomic E-state index is 5.79. The summed E-state index contributed by atoms with van der Waals surface area (Å²) in [6, 6.07) is 13.2. The maximum absolute atomic E-state index is 5.79. The summed E-state index contributed by atoms with van der Waals surface area (Å²) in [5.74, 6) is 1.25. The SMILES string of the molecule is Nc1ccc2ncnc(Oc3ccc(I)cc3)c2c1. The highest BCUT2D eigenvalue weighted by Crippen LogP contribution is 2.28. The normalized spacial score (nSPS) is 10.6. The van der Waals surface area contributed by atoms with Crippen molar-refractivity contribution < 1.29 is 4.74 Å². The van der Waals surface area contributed by atoms with Crippen LogP contribution in [-0.4, -0.2) is 9.97 Å². The fourth-order valence-electron chi connectivity index (χ4n) is 1.75. The monoisotopic (exact) mass is 363 g/mol. The summed E-state index contributed by atoms with van der Waals surface area (Å²) >= 11 is 2.25. The fourth-order valence-corrected chi connectivity index (χ4v) is 2.11. The third-order valence-corrected chi connectivity index (χ3v) is 3.37. The molecular formula is C14H10IN3O. The van der Waals surface area contributed by atoms with Gasteiger partial charge in [0.25, 0.3) is 0 Å². The van der Waals surface area contributed by atoms with Crippen molar-refractivity contribution in [1.82, 2.24) is 9.97 Å². The van der Waals surface area contributed by atoms with Crippen molar-refractivity contribution in [2.45, 2.75) is 0 Å². The molecule has 3 aromatic rings. The molecule has 0 aliphatic carbocycles. The number of halogens is 1. The molecule has 0 bridgehead atoms. The number of hydrogen-bond donors (Lipinski definition) is 1. The predicted molar refractivity (Wildman–Crippen MR) is 83.2 cm³/mol.